The molecule has 2 aromatic heterocycles. The minimum atomic E-state index is 0.318. The summed E-state index contributed by atoms with van der Waals surface area (Å²) in [7, 11) is 0. The predicted octanol–water partition coefficient (Wildman–Crippen LogP) is 3.93. The molecule has 0 N–H and O–H groups in total. The van der Waals surface area contributed by atoms with Crippen LogP contribution < -0.4 is 9.64 Å². The van der Waals surface area contributed by atoms with Crippen molar-refractivity contribution >= 4 is 5.95 Å². The van der Waals surface area contributed by atoms with E-state index in [1.807, 2.05) is 50.2 Å². The van der Waals surface area contributed by atoms with Crippen molar-refractivity contribution in [3.05, 3.63) is 53.5 Å². The van der Waals surface area contributed by atoms with E-state index in [2.05, 4.69) is 19.9 Å². The van der Waals surface area contributed by atoms with Crippen LogP contribution in [0.3, 0.4) is 0 Å². The minimum Gasteiger partial charge on any atom is -0.471 e. The lowest BCUT2D eigenvalue weighted by Gasteiger charge is -2.16. The second-order valence-corrected chi connectivity index (χ2v) is 6.52. The Bertz CT molecular complexity index is 886. The average Bonchev–Trinajstić information content (AvgIpc) is 3.30. The van der Waals surface area contributed by atoms with Crippen molar-refractivity contribution in [2.75, 3.05) is 18.0 Å². The molecule has 1 fully saturated rings. The number of oxazole rings is 1. The quantitative estimate of drug-likeness (QED) is 0.695. The zero-order valence-corrected chi connectivity index (χ0v) is 15.1. The third kappa shape index (κ3) is 3.54. The zero-order valence-electron chi connectivity index (χ0n) is 15.1. The number of anilines is 1. The van der Waals surface area contributed by atoms with Crippen LogP contribution in [0.1, 0.15) is 30.0 Å². The van der Waals surface area contributed by atoms with Crippen LogP contribution in [0.15, 0.2) is 40.8 Å². The first-order valence-corrected chi connectivity index (χ1v) is 8.94. The van der Waals surface area contributed by atoms with Crippen LogP contribution in [0, 0.1) is 13.8 Å². The first-order chi connectivity index (χ1) is 12.7. The summed E-state index contributed by atoms with van der Waals surface area (Å²) in [6.07, 6.45) is 2.38. The highest BCUT2D eigenvalue weighted by Gasteiger charge is 2.17. The second-order valence-electron chi connectivity index (χ2n) is 6.52. The molecular weight excluding hydrogens is 328 g/mol. The molecule has 0 amide bonds. The van der Waals surface area contributed by atoms with Crippen molar-refractivity contribution < 1.29 is 9.15 Å². The maximum absolute atomic E-state index is 5.90. The lowest BCUT2D eigenvalue weighted by atomic mass is 10.2. The molecule has 1 aliphatic rings. The number of benzene rings is 1. The number of hydrogen-bond acceptors (Lipinski definition) is 6. The summed E-state index contributed by atoms with van der Waals surface area (Å²) in [6.45, 7) is 6.19. The molecule has 0 aliphatic carbocycles. The van der Waals surface area contributed by atoms with Crippen LogP contribution in [0.5, 0.6) is 5.88 Å². The molecule has 3 heterocycles. The first kappa shape index (κ1) is 16.6. The van der Waals surface area contributed by atoms with Crippen LogP contribution in [0.25, 0.3) is 11.5 Å². The van der Waals surface area contributed by atoms with E-state index >= 15 is 0 Å². The highest BCUT2D eigenvalue weighted by Crippen LogP contribution is 2.23. The first-order valence-electron chi connectivity index (χ1n) is 8.94. The Morgan fingerprint density at radius 3 is 2.58 bits per heavy atom. The molecule has 0 unspecified atom stereocenters. The highest BCUT2D eigenvalue weighted by molar-refractivity contribution is 5.53. The summed E-state index contributed by atoms with van der Waals surface area (Å²) in [6, 6.07) is 11.7. The summed E-state index contributed by atoms with van der Waals surface area (Å²) >= 11 is 0. The summed E-state index contributed by atoms with van der Waals surface area (Å²) in [5.41, 5.74) is 2.64. The molecule has 0 bridgehead atoms. The van der Waals surface area contributed by atoms with Crippen molar-refractivity contribution in [3.63, 3.8) is 0 Å². The average molecular weight is 350 g/mol. The van der Waals surface area contributed by atoms with Crippen molar-refractivity contribution in [1.29, 1.82) is 0 Å². The van der Waals surface area contributed by atoms with E-state index in [1.54, 1.807) is 0 Å². The van der Waals surface area contributed by atoms with Gasteiger partial charge in [-0.1, -0.05) is 18.2 Å². The number of aromatic nitrogens is 3. The Labute approximate surface area is 152 Å². The van der Waals surface area contributed by atoms with Crippen LogP contribution in [0.2, 0.25) is 0 Å². The van der Waals surface area contributed by atoms with Crippen molar-refractivity contribution in [2.24, 2.45) is 0 Å². The molecule has 1 aliphatic heterocycles. The van der Waals surface area contributed by atoms with Gasteiger partial charge in [-0.25, -0.2) is 9.97 Å². The van der Waals surface area contributed by atoms with Gasteiger partial charge in [0.1, 0.15) is 18.1 Å². The van der Waals surface area contributed by atoms with Crippen LogP contribution in [-0.2, 0) is 6.61 Å². The van der Waals surface area contributed by atoms with Gasteiger partial charge in [-0.15, -0.1) is 0 Å². The number of ether oxygens (including phenoxy) is 1. The van der Waals surface area contributed by atoms with Crippen LogP contribution >= 0.6 is 0 Å². The molecule has 0 radical (unpaired) electrons. The fourth-order valence-electron chi connectivity index (χ4n) is 3.07. The number of nitrogens with zero attached hydrogens (tertiary/aromatic N) is 4. The van der Waals surface area contributed by atoms with Gasteiger partial charge in [0.25, 0.3) is 0 Å². The van der Waals surface area contributed by atoms with Crippen LogP contribution in [-0.4, -0.2) is 28.0 Å². The molecule has 6 nitrogen and oxygen atoms in total. The van der Waals surface area contributed by atoms with Gasteiger partial charge in [0.15, 0.2) is 0 Å². The molecule has 0 spiro atoms. The van der Waals surface area contributed by atoms with E-state index in [9.17, 15) is 0 Å². The highest BCUT2D eigenvalue weighted by atomic mass is 16.5. The van der Waals surface area contributed by atoms with Gasteiger partial charge >= 0.3 is 0 Å². The van der Waals surface area contributed by atoms with Gasteiger partial charge < -0.3 is 14.1 Å². The van der Waals surface area contributed by atoms with Gasteiger partial charge in [-0.05, 0) is 38.8 Å². The SMILES string of the molecule is Cc1cc(OCc2nc(-c3ccccc3)oc2C)nc(N2CCCC2)n1. The van der Waals surface area contributed by atoms with Crippen molar-refractivity contribution in [3.8, 4) is 17.3 Å². The van der Waals surface area contributed by atoms with E-state index < -0.39 is 0 Å². The Kier molecular flexibility index (Phi) is 4.56. The summed E-state index contributed by atoms with van der Waals surface area (Å²) < 4.78 is 11.7. The zero-order chi connectivity index (χ0) is 17.9. The fourth-order valence-corrected chi connectivity index (χ4v) is 3.07. The smallest absolute Gasteiger partial charge is 0.228 e. The second kappa shape index (κ2) is 7.15. The monoisotopic (exact) mass is 350 g/mol. The predicted molar refractivity (Wildman–Crippen MR) is 99.2 cm³/mol. The number of aryl methyl sites for hydroxylation is 2. The van der Waals surface area contributed by atoms with E-state index in [0.29, 0.717) is 18.4 Å². The van der Waals surface area contributed by atoms with Crippen LogP contribution in [0.4, 0.5) is 5.95 Å². The normalized spacial score (nSPS) is 14.0. The summed E-state index contributed by atoms with van der Waals surface area (Å²) in [4.78, 5) is 15.9. The molecule has 134 valence electrons. The number of rotatable bonds is 5. The van der Waals surface area contributed by atoms with Gasteiger partial charge in [0, 0.05) is 30.4 Å². The molecule has 26 heavy (non-hydrogen) atoms. The van der Waals surface area contributed by atoms with Gasteiger partial charge in [-0.3, -0.25) is 0 Å². The molecule has 1 aromatic carbocycles. The third-order valence-corrected chi connectivity index (χ3v) is 4.48. The van der Waals surface area contributed by atoms with Crippen molar-refractivity contribution in [1.82, 2.24) is 15.0 Å². The summed E-state index contributed by atoms with van der Waals surface area (Å²) in [5, 5.41) is 0. The van der Waals surface area contributed by atoms with Gasteiger partial charge in [0.2, 0.25) is 17.7 Å². The lowest BCUT2D eigenvalue weighted by molar-refractivity contribution is 0.287. The molecule has 3 aromatic rings. The molecule has 1 saturated heterocycles. The van der Waals surface area contributed by atoms with E-state index in [0.717, 1.165) is 41.7 Å². The largest absolute Gasteiger partial charge is 0.471 e. The molecule has 4 rings (SSSR count). The third-order valence-electron chi connectivity index (χ3n) is 4.48. The summed E-state index contributed by atoms with van der Waals surface area (Å²) in [5.74, 6) is 2.69. The molecule has 6 heteroatoms. The minimum absolute atomic E-state index is 0.318. The molecular formula is C20H22N4O2. The topological polar surface area (TPSA) is 64.3 Å². The maximum Gasteiger partial charge on any atom is 0.228 e. The Morgan fingerprint density at radius 1 is 1.04 bits per heavy atom. The number of hydrogen-bond donors (Lipinski definition) is 0. The fraction of sp³-hybridized carbons (Fsp3) is 0.350. The molecule has 0 saturated carbocycles. The van der Waals surface area contributed by atoms with E-state index in [-0.39, 0.29) is 0 Å². The standard InChI is InChI=1S/C20H22N4O2/c1-14-12-18(23-20(21-14)24-10-6-7-11-24)25-13-17-15(2)26-19(22-17)16-8-4-3-5-9-16/h3-5,8-9,12H,6-7,10-11,13H2,1-2H3. The Hall–Kier alpha value is -2.89. The van der Waals surface area contributed by atoms with Gasteiger partial charge in [0.05, 0.1) is 0 Å². The Balaban J connectivity index is 1.50. The lowest BCUT2D eigenvalue weighted by Crippen LogP contribution is -2.21. The maximum atomic E-state index is 5.90. The van der Waals surface area contributed by atoms with Gasteiger partial charge in [-0.2, -0.15) is 4.98 Å². The van der Waals surface area contributed by atoms with E-state index in [4.69, 9.17) is 9.15 Å². The Morgan fingerprint density at radius 2 is 1.81 bits per heavy atom. The van der Waals surface area contributed by atoms with Crippen molar-refractivity contribution in [2.45, 2.75) is 33.3 Å². The molecule has 0 atom stereocenters. The van der Waals surface area contributed by atoms with E-state index in [1.165, 1.54) is 12.8 Å².